The molecular formula is C14H24N2OS. The van der Waals surface area contributed by atoms with Gasteiger partial charge in [-0.1, -0.05) is 6.08 Å². The number of hydrogen-bond acceptors (Lipinski definition) is 4. The van der Waals surface area contributed by atoms with E-state index in [0.29, 0.717) is 6.10 Å². The molecule has 0 spiro atoms. The molecule has 1 aliphatic heterocycles. The van der Waals surface area contributed by atoms with Crippen LogP contribution in [0.25, 0.3) is 0 Å². The van der Waals surface area contributed by atoms with Crippen LogP contribution in [0.15, 0.2) is 27.7 Å². The van der Waals surface area contributed by atoms with Gasteiger partial charge >= 0.3 is 0 Å². The molecule has 1 unspecified atom stereocenters. The Kier molecular flexibility index (Phi) is 7.32. The zero-order valence-electron chi connectivity index (χ0n) is 11.7. The van der Waals surface area contributed by atoms with Crippen molar-refractivity contribution in [3.63, 3.8) is 0 Å². The zero-order valence-corrected chi connectivity index (χ0v) is 12.5. The summed E-state index contributed by atoms with van der Waals surface area (Å²) in [5, 5.41) is 0. The van der Waals surface area contributed by atoms with Crippen LogP contribution in [0, 0.1) is 0 Å². The van der Waals surface area contributed by atoms with E-state index in [9.17, 15) is 0 Å². The molecule has 0 radical (unpaired) electrons. The molecule has 1 heterocycles. The van der Waals surface area contributed by atoms with Gasteiger partial charge in [0.15, 0.2) is 0 Å². The monoisotopic (exact) mass is 268 g/mol. The van der Waals surface area contributed by atoms with E-state index in [-0.39, 0.29) is 0 Å². The number of rotatable bonds is 2. The van der Waals surface area contributed by atoms with Gasteiger partial charge in [0.25, 0.3) is 0 Å². The van der Waals surface area contributed by atoms with Crippen LogP contribution in [0.2, 0.25) is 0 Å². The zero-order chi connectivity index (χ0) is 13.4. The molecule has 3 nitrogen and oxygen atoms in total. The molecule has 0 saturated carbocycles. The highest BCUT2D eigenvalue weighted by Gasteiger charge is 2.11. The van der Waals surface area contributed by atoms with Crippen molar-refractivity contribution in [1.29, 1.82) is 0 Å². The molecule has 0 bridgehead atoms. The van der Waals surface area contributed by atoms with Gasteiger partial charge in [0, 0.05) is 18.0 Å². The highest BCUT2D eigenvalue weighted by Crippen LogP contribution is 2.27. The fourth-order valence-electron chi connectivity index (χ4n) is 1.97. The van der Waals surface area contributed by atoms with E-state index in [1.807, 2.05) is 6.08 Å². The standard InChI is InChI=1S/C8H11NS.C6H13NO/c1-9-7-5-3-4-6-8(7)10-2;1-6-5-7(2)3-4-8-6/h3,5H,1,4,6H2,2H3;6H,3-5H2,1-2H3. The summed E-state index contributed by atoms with van der Waals surface area (Å²) in [5.41, 5.74) is 1.05. The van der Waals surface area contributed by atoms with Crippen LogP contribution in [0.1, 0.15) is 19.8 Å². The summed E-state index contributed by atoms with van der Waals surface area (Å²) in [7, 11) is 2.12. The first kappa shape index (κ1) is 15.5. The van der Waals surface area contributed by atoms with Crippen molar-refractivity contribution in [2.45, 2.75) is 25.9 Å². The summed E-state index contributed by atoms with van der Waals surface area (Å²) in [6.07, 6.45) is 8.99. The largest absolute Gasteiger partial charge is 0.376 e. The van der Waals surface area contributed by atoms with Crippen LogP contribution in [0.3, 0.4) is 0 Å². The first-order valence-corrected chi connectivity index (χ1v) is 7.60. The Balaban J connectivity index is 0.000000184. The number of hydrogen-bond donors (Lipinski definition) is 0. The van der Waals surface area contributed by atoms with Crippen molar-refractivity contribution in [1.82, 2.24) is 4.90 Å². The third kappa shape index (κ3) is 5.38. The highest BCUT2D eigenvalue weighted by atomic mass is 32.2. The Morgan fingerprint density at radius 1 is 1.56 bits per heavy atom. The molecule has 1 atom stereocenters. The number of morpholine rings is 1. The third-order valence-corrected chi connectivity index (χ3v) is 3.87. The Bertz CT molecular complexity index is 318. The summed E-state index contributed by atoms with van der Waals surface area (Å²) < 4.78 is 5.31. The molecule has 1 saturated heterocycles. The van der Waals surface area contributed by atoms with Gasteiger partial charge in [-0.05, 0) is 45.9 Å². The summed E-state index contributed by atoms with van der Waals surface area (Å²) in [4.78, 5) is 7.57. The molecule has 1 aliphatic carbocycles. The summed E-state index contributed by atoms with van der Waals surface area (Å²) >= 11 is 1.77. The van der Waals surface area contributed by atoms with Gasteiger partial charge in [-0.25, -0.2) is 0 Å². The lowest BCUT2D eigenvalue weighted by atomic mass is 10.1. The van der Waals surface area contributed by atoms with E-state index in [1.165, 1.54) is 4.91 Å². The number of likely N-dealkylation sites (N-methyl/N-ethyl adjacent to an activating group) is 1. The van der Waals surface area contributed by atoms with Crippen LogP contribution in [0.4, 0.5) is 0 Å². The minimum absolute atomic E-state index is 0.439. The number of allylic oxidation sites excluding steroid dienone is 3. The molecule has 102 valence electrons. The van der Waals surface area contributed by atoms with Gasteiger partial charge in [-0.3, -0.25) is 4.99 Å². The number of aliphatic imine (C=N–C) groups is 1. The van der Waals surface area contributed by atoms with E-state index < -0.39 is 0 Å². The summed E-state index contributed by atoms with van der Waals surface area (Å²) in [6.45, 7) is 8.69. The summed E-state index contributed by atoms with van der Waals surface area (Å²) in [5.74, 6) is 0. The average molecular weight is 268 g/mol. The molecule has 0 aromatic carbocycles. The van der Waals surface area contributed by atoms with Crippen molar-refractivity contribution in [2.75, 3.05) is 33.0 Å². The van der Waals surface area contributed by atoms with Gasteiger partial charge in [0.05, 0.1) is 18.4 Å². The fraction of sp³-hybridized carbons (Fsp3) is 0.643. The Labute approximate surface area is 115 Å². The molecule has 2 aliphatic rings. The molecule has 1 fully saturated rings. The van der Waals surface area contributed by atoms with Crippen LogP contribution in [0.5, 0.6) is 0 Å². The lowest BCUT2D eigenvalue weighted by molar-refractivity contribution is -0.00861. The predicted molar refractivity (Wildman–Crippen MR) is 81.4 cm³/mol. The van der Waals surface area contributed by atoms with E-state index in [1.54, 1.807) is 11.8 Å². The molecular weight excluding hydrogens is 244 g/mol. The van der Waals surface area contributed by atoms with Crippen LogP contribution >= 0.6 is 11.8 Å². The second-order valence-electron chi connectivity index (χ2n) is 4.56. The Morgan fingerprint density at radius 3 is 2.78 bits per heavy atom. The average Bonchev–Trinajstić information content (AvgIpc) is 2.39. The molecule has 18 heavy (non-hydrogen) atoms. The summed E-state index contributed by atoms with van der Waals surface area (Å²) in [6, 6.07) is 0. The second kappa shape index (κ2) is 8.51. The van der Waals surface area contributed by atoms with E-state index in [2.05, 4.69) is 42.9 Å². The van der Waals surface area contributed by atoms with E-state index in [0.717, 1.165) is 38.2 Å². The highest BCUT2D eigenvalue weighted by molar-refractivity contribution is 8.02. The second-order valence-corrected chi connectivity index (χ2v) is 5.46. The fourth-order valence-corrected chi connectivity index (χ4v) is 2.63. The molecule has 0 aromatic heterocycles. The van der Waals surface area contributed by atoms with Crippen molar-refractivity contribution in [3.8, 4) is 0 Å². The molecule has 0 aromatic rings. The Hall–Kier alpha value is -0.580. The van der Waals surface area contributed by atoms with Gasteiger partial charge in [0.1, 0.15) is 0 Å². The van der Waals surface area contributed by atoms with E-state index in [4.69, 9.17) is 4.74 Å². The van der Waals surface area contributed by atoms with Gasteiger partial charge in [-0.2, -0.15) is 0 Å². The van der Waals surface area contributed by atoms with Crippen LogP contribution in [-0.4, -0.2) is 50.7 Å². The van der Waals surface area contributed by atoms with Crippen LogP contribution in [-0.2, 0) is 4.74 Å². The quantitative estimate of drug-likeness (QED) is 0.720. The molecule has 2 rings (SSSR count). The third-order valence-electron chi connectivity index (χ3n) is 2.96. The topological polar surface area (TPSA) is 24.8 Å². The molecule has 0 amide bonds. The predicted octanol–water partition coefficient (Wildman–Crippen LogP) is 2.95. The van der Waals surface area contributed by atoms with Crippen LogP contribution < -0.4 is 0 Å². The van der Waals surface area contributed by atoms with E-state index >= 15 is 0 Å². The van der Waals surface area contributed by atoms with Gasteiger partial charge in [-0.15, -0.1) is 11.8 Å². The SMILES string of the molecule is C=NC1=C(SC)CCC=C1.CC1CN(C)CCO1. The number of thioether (sulfide) groups is 1. The first-order chi connectivity index (χ1) is 8.67. The molecule has 4 heteroatoms. The molecule has 0 N–H and O–H groups in total. The van der Waals surface area contributed by atoms with Crippen molar-refractivity contribution in [2.24, 2.45) is 4.99 Å². The maximum absolute atomic E-state index is 5.31. The smallest absolute Gasteiger partial charge is 0.0714 e. The number of nitrogens with zero attached hydrogens (tertiary/aromatic N) is 2. The normalized spacial score (nSPS) is 24.5. The van der Waals surface area contributed by atoms with Crippen molar-refractivity contribution >= 4 is 18.5 Å². The minimum Gasteiger partial charge on any atom is -0.376 e. The minimum atomic E-state index is 0.439. The van der Waals surface area contributed by atoms with Gasteiger partial charge < -0.3 is 9.64 Å². The lowest BCUT2D eigenvalue weighted by Crippen LogP contribution is -2.38. The maximum Gasteiger partial charge on any atom is 0.0714 e. The number of ether oxygens (including phenoxy) is 1. The van der Waals surface area contributed by atoms with Crippen molar-refractivity contribution in [3.05, 3.63) is 22.8 Å². The van der Waals surface area contributed by atoms with Crippen molar-refractivity contribution < 1.29 is 4.74 Å². The maximum atomic E-state index is 5.31. The van der Waals surface area contributed by atoms with Gasteiger partial charge in [0.2, 0.25) is 0 Å². The lowest BCUT2D eigenvalue weighted by Gasteiger charge is -2.27. The first-order valence-electron chi connectivity index (χ1n) is 6.38. The Morgan fingerprint density at radius 2 is 2.33 bits per heavy atom.